The van der Waals surface area contributed by atoms with Gasteiger partial charge in [0.1, 0.15) is 5.76 Å². The summed E-state index contributed by atoms with van der Waals surface area (Å²) >= 11 is 6.11. The number of hydrogen-bond acceptors (Lipinski definition) is 4. The molecule has 0 spiro atoms. The van der Waals surface area contributed by atoms with E-state index >= 15 is 0 Å². The van der Waals surface area contributed by atoms with Crippen LogP contribution in [0.2, 0.25) is 5.02 Å². The lowest BCUT2D eigenvalue weighted by Crippen LogP contribution is -2.38. The number of carbonyl (C=O) groups excluding carboxylic acids is 2. The van der Waals surface area contributed by atoms with E-state index in [9.17, 15) is 9.59 Å². The molecule has 0 saturated carbocycles. The number of carbonyl (C=O) groups is 2. The van der Waals surface area contributed by atoms with Crippen molar-refractivity contribution < 1.29 is 14.0 Å². The Morgan fingerprint density at radius 1 is 0.889 bits per heavy atom. The molecule has 1 amide bonds. The second-order valence-electron chi connectivity index (χ2n) is 9.07. The van der Waals surface area contributed by atoms with Gasteiger partial charge in [0, 0.05) is 34.2 Å². The van der Waals surface area contributed by atoms with E-state index < -0.39 is 6.04 Å². The average Bonchev–Trinajstić information content (AvgIpc) is 3.39. The van der Waals surface area contributed by atoms with Crippen LogP contribution in [0.25, 0.3) is 0 Å². The van der Waals surface area contributed by atoms with Crippen LogP contribution in [0.3, 0.4) is 0 Å². The minimum atomic E-state index is -0.592. The normalized spacial score (nSPS) is 19.2. The van der Waals surface area contributed by atoms with Crippen LogP contribution in [-0.2, 0) is 4.79 Å². The largest absolute Gasteiger partial charge is 0.469 e. The van der Waals surface area contributed by atoms with Crippen LogP contribution in [0, 0.1) is 0 Å². The first-order chi connectivity index (χ1) is 17.6. The van der Waals surface area contributed by atoms with E-state index in [4.69, 9.17) is 16.0 Å². The molecule has 0 radical (unpaired) electrons. The predicted molar refractivity (Wildman–Crippen MR) is 140 cm³/mol. The molecule has 36 heavy (non-hydrogen) atoms. The van der Waals surface area contributed by atoms with E-state index in [1.54, 1.807) is 35.4 Å². The second kappa shape index (κ2) is 9.17. The number of halogens is 1. The molecule has 6 rings (SSSR count). The highest BCUT2D eigenvalue weighted by molar-refractivity contribution is 6.30. The standard InChI is InChI=1S/C30H23ClN2O3/c31-22-14-12-20(13-15-22)30(35)33-25-10-5-4-9-23(25)32-24-17-21(27-11-6-16-36-27)18-26(34)28(24)29(33)19-7-2-1-3-8-19/h1-16,21,29,32H,17-18H2/t21-,29+/m1/s1. The molecule has 0 fully saturated rings. The maximum absolute atomic E-state index is 14.1. The topological polar surface area (TPSA) is 62.6 Å². The highest BCUT2D eigenvalue weighted by Crippen LogP contribution is 2.47. The number of ketones is 1. The van der Waals surface area contributed by atoms with Crippen molar-refractivity contribution in [1.29, 1.82) is 0 Å². The van der Waals surface area contributed by atoms with Gasteiger partial charge in [-0.05, 0) is 60.5 Å². The molecule has 1 aliphatic heterocycles. The molecule has 0 saturated heterocycles. The van der Waals surface area contributed by atoms with Crippen LogP contribution in [0.1, 0.15) is 46.5 Å². The maximum Gasteiger partial charge on any atom is 0.259 e. The van der Waals surface area contributed by atoms with E-state index in [1.807, 2.05) is 66.7 Å². The number of para-hydroxylation sites is 2. The van der Waals surface area contributed by atoms with Gasteiger partial charge in [-0.3, -0.25) is 14.5 Å². The van der Waals surface area contributed by atoms with Crippen LogP contribution in [-0.4, -0.2) is 11.7 Å². The highest BCUT2D eigenvalue weighted by atomic mass is 35.5. The van der Waals surface area contributed by atoms with E-state index in [0.29, 0.717) is 34.7 Å². The van der Waals surface area contributed by atoms with Crippen molar-refractivity contribution in [3.8, 4) is 0 Å². The summed E-state index contributed by atoms with van der Waals surface area (Å²) in [5.74, 6) is 0.519. The zero-order chi connectivity index (χ0) is 24.6. The summed E-state index contributed by atoms with van der Waals surface area (Å²) < 4.78 is 5.66. The summed E-state index contributed by atoms with van der Waals surface area (Å²) in [6.45, 7) is 0. The molecule has 2 atom stereocenters. The average molecular weight is 495 g/mol. The third kappa shape index (κ3) is 3.91. The van der Waals surface area contributed by atoms with Gasteiger partial charge in [0.05, 0.1) is 23.7 Å². The number of Topliss-reactive ketones (excluding diaryl/α,β-unsaturated/α-hetero) is 1. The number of nitrogens with zero attached hydrogens (tertiary/aromatic N) is 1. The lowest BCUT2D eigenvalue weighted by Gasteiger charge is -2.35. The molecular weight excluding hydrogens is 472 g/mol. The quantitative estimate of drug-likeness (QED) is 0.328. The van der Waals surface area contributed by atoms with Crippen molar-refractivity contribution in [2.75, 3.05) is 10.2 Å². The molecule has 0 bridgehead atoms. The molecule has 0 unspecified atom stereocenters. The fourth-order valence-electron chi connectivity index (χ4n) is 5.22. The summed E-state index contributed by atoms with van der Waals surface area (Å²) in [4.78, 5) is 29.8. The SMILES string of the molecule is O=C1C[C@H](c2ccco2)CC2=C1[C@H](c1ccccc1)N(C(=O)c1ccc(Cl)cc1)c1ccccc1N2. The molecule has 4 aromatic rings. The summed E-state index contributed by atoms with van der Waals surface area (Å²) in [5.41, 5.74) is 4.29. The van der Waals surface area contributed by atoms with Crippen LogP contribution >= 0.6 is 11.6 Å². The highest BCUT2D eigenvalue weighted by Gasteiger charge is 2.42. The zero-order valence-corrected chi connectivity index (χ0v) is 20.1. The van der Waals surface area contributed by atoms with Gasteiger partial charge in [-0.15, -0.1) is 0 Å². The van der Waals surface area contributed by atoms with E-state index in [1.165, 1.54) is 0 Å². The van der Waals surface area contributed by atoms with Gasteiger partial charge in [-0.2, -0.15) is 0 Å². The zero-order valence-electron chi connectivity index (χ0n) is 19.4. The summed E-state index contributed by atoms with van der Waals surface area (Å²) in [6, 6.07) is 27.5. The van der Waals surface area contributed by atoms with Crippen molar-refractivity contribution in [3.05, 3.63) is 130 Å². The Hall–Kier alpha value is -4.09. The Labute approximate surface area is 214 Å². The van der Waals surface area contributed by atoms with E-state index in [-0.39, 0.29) is 17.6 Å². The first kappa shape index (κ1) is 22.4. The van der Waals surface area contributed by atoms with Crippen LogP contribution < -0.4 is 10.2 Å². The molecule has 5 nitrogen and oxygen atoms in total. The fraction of sp³-hybridized carbons (Fsp3) is 0.133. The Kier molecular flexibility index (Phi) is 5.70. The number of benzene rings is 3. The number of nitrogens with one attached hydrogen (secondary N) is 1. The van der Waals surface area contributed by atoms with Crippen LogP contribution in [0.5, 0.6) is 0 Å². The first-order valence-corrected chi connectivity index (χ1v) is 12.3. The Bertz CT molecular complexity index is 1460. The molecule has 2 heterocycles. The molecule has 6 heteroatoms. The van der Waals surface area contributed by atoms with Crippen molar-refractivity contribution >= 4 is 34.7 Å². The van der Waals surface area contributed by atoms with Crippen molar-refractivity contribution in [2.24, 2.45) is 0 Å². The Morgan fingerprint density at radius 3 is 2.39 bits per heavy atom. The molecule has 1 N–H and O–H groups in total. The lowest BCUT2D eigenvalue weighted by atomic mass is 9.80. The number of anilines is 2. The van der Waals surface area contributed by atoms with Gasteiger partial charge in [-0.1, -0.05) is 54.1 Å². The summed E-state index contributed by atoms with van der Waals surface area (Å²) in [7, 11) is 0. The van der Waals surface area contributed by atoms with Crippen LogP contribution in [0.4, 0.5) is 11.4 Å². The number of amides is 1. The van der Waals surface area contributed by atoms with Crippen molar-refractivity contribution in [3.63, 3.8) is 0 Å². The van der Waals surface area contributed by atoms with Gasteiger partial charge in [0.15, 0.2) is 5.78 Å². The van der Waals surface area contributed by atoms with Gasteiger partial charge >= 0.3 is 0 Å². The van der Waals surface area contributed by atoms with Gasteiger partial charge < -0.3 is 9.73 Å². The van der Waals surface area contributed by atoms with Crippen molar-refractivity contribution in [2.45, 2.75) is 24.8 Å². The number of hydrogen-bond donors (Lipinski definition) is 1. The third-order valence-corrected chi connectivity index (χ3v) is 7.11. The smallest absolute Gasteiger partial charge is 0.259 e. The van der Waals surface area contributed by atoms with Gasteiger partial charge in [-0.25, -0.2) is 0 Å². The number of fused-ring (bicyclic) bond motifs is 1. The number of rotatable bonds is 3. The first-order valence-electron chi connectivity index (χ1n) is 11.9. The van der Waals surface area contributed by atoms with E-state index in [0.717, 1.165) is 22.7 Å². The van der Waals surface area contributed by atoms with E-state index in [2.05, 4.69) is 5.32 Å². The van der Waals surface area contributed by atoms with Crippen molar-refractivity contribution in [1.82, 2.24) is 0 Å². The molecule has 3 aromatic carbocycles. The molecule has 1 aromatic heterocycles. The number of allylic oxidation sites excluding steroid dienone is 1. The monoisotopic (exact) mass is 494 g/mol. The van der Waals surface area contributed by atoms with Gasteiger partial charge in [0.25, 0.3) is 5.91 Å². The minimum absolute atomic E-state index is 0.000662. The Morgan fingerprint density at radius 2 is 1.64 bits per heavy atom. The fourth-order valence-corrected chi connectivity index (χ4v) is 5.35. The lowest BCUT2D eigenvalue weighted by molar-refractivity contribution is -0.116. The third-order valence-electron chi connectivity index (χ3n) is 6.86. The molecular formula is C30H23ClN2O3. The second-order valence-corrected chi connectivity index (χ2v) is 9.51. The Balaban J connectivity index is 1.56. The predicted octanol–water partition coefficient (Wildman–Crippen LogP) is 7.15. The molecule has 1 aliphatic carbocycles. The van der Waals surface area contributed by atoms with Gasteiger partial charge in [0.2, 0.25) is 0 Å². The number of furan rings is 1. The summed E-state index contributed by atoms with van der Waals surface area (Å²) in [6.07, 6.45) is 2.56. The maximum atomic E-state index is 14.1. The molecule has 2 aliphatic rings. The molecule has 178 valence electrons. The van der Waals surface area contributed by atoms with Crippen LogP contribution in [0.15, 0.2) is 113 Å². The minimum Gasteiger partial charge on any atom is -0.469 e. The summed E-state index contributed by atoms with van der Waals surface area (Å²) in [5, 5.41) is 4.09.